The molecule has 0 saturated heterocycles. The Morgan fingerprint density at radius 3 is 2.32 bits per heavy atom. The Morgan fingerprint density at radius 1 is 1.10 bits per heavy atom. The molecule has 174 valence electrons. The van der Waals surface area contributed by atoms with Crippen molar-refractivity contribution in [2.45, 2.75) is 83.4 Å². The lowest BCUT2D eigenvalue weighted by atomic mass is 9.95. The van der Waals surface area contributed by atoms with E-state index in [1.807, 2.05) is 6.92 Å². The minimum atomic E-state index is -4.45. The molecule has 2 aliphatic rings. The molecule has 1 N–H and O–H groups in total. The molecule has 1 aromatic rings. The highest BCUT2D eigenvalue weighted by atomic mass is 19.4. The number of benzene rings is 1. The number of carbonyl (C=O) groups excluding carboxylic acids is 1. The summed E-state index contributed by atoms with van der Waals surface area (Å²) in [6, 6.07) is 4.09. The van der Waals surface area contributed by atoms with Gasteiger partial charge >= 0.3 is 6.18 Å². The minimum Gasteiger partial charge on any atom is -0.493 e. The van der Waals surface area contributed by atoms with Crippen molar-refractivity contribution in [1.82, 2.24) is 5.32 Å². The number of halogens is 3. The Balaban J connectivity index is 1.45. The number of nitrogens with one attached hydrogen (secondary N) is 1. The highest BCUT2D eigenvalue weighted by Gasteiger charge is 2.34. The van der Waals surface area contributed by atoms with E-state index in [0.717, 1.165) is 44.6 Å². The average Bonchev–Trinajstić information content (AvgIpc) is 3.53. The van der Waals surface area contributed by atoms with Gasteiger partial charge in [-0.1, -0.05) is 6.07 Å². The molecule has 0 spiro atoms. The van der Waals surface area contributed by atoms with Gasteiger partial charge in [-0.05, 0) is 69.1 Å². The maximum Gasteiger partial charge on any atom is 0.416 e. The summed E-state index contributed by atoms with van der Waals surface area (Å²) in [5, 5.41) is 2.78. The molecule has 2 aliphatic carbocycles. The van der Waals surface area contributed by atoms with Gasteiger partial charge in [0.25, 0.3) is 0 Å². The largest absolute Gasteiger partial charge is 0.493 e. The Kier molecular flexibility index (Phi) is 8.22. The van der Waals surface area contributed by atoms with Crippen molar-refractivity contribution in [3.63, 3.8) is 0 Å². The molecule has 2 saturated carbocycles. The molecule has 3 rings (SSSR count). The molecule has 1 amide bonds. The normalized spacial score (nSPS) is 22.7. The van der Waals surface area contributed by atoms with E-state index < -0.39 is 11.7 Å². The number of rotatable bonds is 10. The number of hydrogen-bond acceptors (Lipinski definition) is 4. The summed E-state index contributed by atoms with van der Waals surface area (Å²) in [5.41, 5.74) is -0.557. The second-order valence-electron chi connectivity index (χ2n) is 8.72. The topological polar surface area (TPSA) is 56.8 Å². The predicted octanol–water partition coefficient (Wildman–Crippen LogP) is 4.86. The van der Waals surface area contributed by atoms with Gasteiger partial charge in [0.2, 0.25) is 5.91 Å². The first-order chi connectivity index (χ1) is 14.7. The Bertz CT molecular complexity index is 728. The van der Waals surface area contributed by atoms with E-state index in [-0.39, 0.29) is 42.1 Å². The molecular formula is C23H32F3NO4. The van der Waals surface area contributed by atoms with Crippen LogP contribution in [-0.2, 0) is 27.1 Å². The molecule has 31 heavy (non-hydrogen) atoms. The summed E-state index contributed by atoms with van der Waals surface area (Å²) >= 11 is 0. The fourth-order valence-corrected chi connectivity index (χ4v) is 3.78. The van der Waals surface area contributed by atoms with Crippen molar-refractivity contribution in [2.75, 3.05) is 13.2 Å². The molecule has 0 radical (unpaired) electrons. The van der Waals surface area contributed by atoms with Crippen LogP contribution in [0.5, 0.6) is 5.75 Å². The third kappa shape index (κ3) is 8.00. The fraction of sp³-hybridized carbons (Fsp3) is 0.696. The summed E-state index contributed by atoms with van der Waals surface area (Å²) in [5.74, 6) is 0.646. The van der Waals surface area contributed by atoms with E-state index in [9.17, 15) is 18.0 Å². The summed E-state index contributed by atoms with van der Waals surface area (Å²) in [6.45, 7) is 4.20. The van der Waals surface area contributed by atoms with Crippen LogP contribution in [0.2, 0.25) is 0 Å². The fourth-order valence-electron chi connectivity index (χ4n) is 3.78. The maximum absolute atomic E-state index is 13.5. The van der Waals surface area contributed by atoms with Crippen LogP contribution in [0.25, 0.3) is 0 Å². The molecule has 5 nitrogen and oxygen atoms in total. The Hall–Kier alpha value is -1.80. The van der Waals surface area contributed by atoms with E-state index in [1.165, 1.54) is 13.0 Å². The third-order valence-electron chi connectivity index (χ3n) is 5.70. The Labute approximate surface area is 181 Å². The number of ether oxygens (including phenoxy) is 3. The monoisotopic (exact) mass is 443 g/mol. The zero-order chi connectivity index (χ0) is 22.4. The second-order valence-corrected chi connectivity index (χ2v) is 8.72. The lowest BCUT2D eigenvalue weighted by Crippen LogP contribution is -2.36. The van der Waals surface area contributed by atoms with E-state index in [2.05, 4.69) is 5.32 Å². The molecule has 0 bridgehead atoms. The summed E-state index contributed by atoms with van der Waals surface area (Å²) in [4.78, 5) is 11.0. The number of carbonyl (C=O) groups is 1. The van der Waals surface area contributed by atoms with Crippen LogP contribution in [0, 0.1) is 5.92 Å². The van der Waals surface area contributed by atoms with Gasteiger partial charge in [-0.15, -0.1) is 0 Å². The van der Waals surface area contributed by atoms with Gasteiger partial charge in [-0.2, -0.15) is 13.2 Å². The van der Waals surface area contributed by atoms with Crippen molar-refractivity contribution in [2.24, 2.45) is 5.92 Å². The first kappa shape index (κ1) is 23.9. The van der Waals surface area contributed by atoms with Crippen LogP contribution >= 0.6 is 0 Å². The van der Waals surface area contributed by atoms with E-state index in [4.69, 9.17) is 14.2 Å². The van der Waals surface area contributed by atoms with Crippen molar-refractivity contribution in [3.05, 3.63) is 29.3 Å². The number of alkyl halides is 3. The van der Waals surface area contributed by atoms with E-state index >= 15 is 0 Å². The molecule has 8 heteroatoms. The molecule has 2 fully saturated rings. The van der Waals surface area contributed by atoms with Gasteiger partial charge < -0.3 is 19.5 Å². The van der Waals surface area contributed by atoms with Gasteiger partial charge in [0.15, 0.2) is 0 Å². The average molecular weight is 444 g/mol. The SMILES string of the molecule is CC(=O)N[C@@H](C)COC1CCC(OCc2ccc(OCC3CC3)cc2C(F)(F)F)CC1. The third-order valence-corrected chi connectivity index (χ3v) is 5.70. The van der Waals surface area contributed by atoms with Crippen molar-refractivity contribution in [1.29, 1.82) is 0 Å². The number of amides is 1. The van der Waals surface area contributed by atoms with Crippen molar-refractivity contribution < 1.29 is 32.2 Å². The van der Waals surface area contributed by atoms with Crippen molar-refractivity contribution >= 4 is 5.91 Å². The summed E-state index contributed by atoms with van der Waals surface area (Å²) < 4.78 is 57.8. The van der Waals surface area contributed by atoms with E-state index in [1.54, 1.807) is 6.07 Å². The molecule has 1 aromatic carbocycles. The van der Waals surface area contributed by atoms with Gasteiger partial charge in [-0.3, -0.25) is 4.79 Å². The quantitative estimate of drug-likeness (QED) is 0.561. The summed E-state index contributed by atoms with van der Waals surface area (Å²) in [6.07, 6.45) is 0.776. The van der Waals surface area contributed by atoms with E-state index in [0.29, 0.717) is 19.1 Å². The highest BCUT2D eigenvalue weighted by molar-refractivity contribution is 5.73. The molecule has 0 unspecified atom stereocenters. The lowest BCUT2D eigenvalue weighted by Gasteiger charge is -2.29. The molecule has 0 aliphatic heterocycles. The Morgan fingerprint density at radius 2 is 1.74 bits per heavy atom. The zero-order valence-corrected chi connectivity index (χ0v) is 18.2. The van der Waals surface area contributed by atoms with Crippen LogP contribution < -0.4 is 10.1 Å². The predicted molar refractivity (Wildman–Crippen MR) is 110 cm³/mol. The van der Waals surface area contributed by atoms with Crippen LogP contribution in [0.3, 0.4) is 0 Å². The first-order valence-electron chi connectivity index (χ1n) is 11.0. The molecule has 0 heterocycles. The molecule has 0 aromatic heterocycles. The van der Waals surface area contributed by atoms with Crippen LogP contribution in [0.15, 0.2) is 18.2 Å². The van der Waals surface area contributed by atoms with Gasteiger partial charge in [0.05, 0.1) is 37.6 Å². The smallest absolute Gasteiger partial charge is 0.416 e. The van der Waals surface area contributed by atoms with Gasteiger partial charge in [-0.25, -0.2) is 0 Å². The van der Waals surface area contributed by atoms with Crippen molar-refractivity contribution in [3.8, 4) is 5.75 Å². The second kappa shape index (κ2) is 10.7. The standard InChI is InChI=1S/C23H32F3NO4/c1-15(27-16(2)28)12-29-19-7-9-20(10-8-19)31-14-18-5-6-21(30-13-17-3-4-17)11-22(18)23(24,25)26/h5-6,11,15,17,19-20H,3-4,7-10,12-14H2,1-2H3,(H,27,28)/t15-,19?,20?/m0/s1. The lowest BCUT2D eigenvalue weighted by molar-refractivity contribution is -0.139. The molecular weight excluding hydrogens is 411 g/mol. The highest BCUT2D eigenvalue weighted by Crippen LogP contribution is 2.36. The maximum atomic E-state index is 13.5. The summed E-state index contributed by atoms with van der Waals surface area (Å²) in [7, 11) is 0. The first-order valence-corrected chi connectivity index (χ1v) is 11.0. The molecule has 1 atom stereocenters. The van der Waals surface area contributed by atoms with Gasteiger partial charge in [0, 0.05) is 13.0 Å². The zero-order valence-electron chi connectivity index (χ0n) is 18.2. The minimum absolute atomic E-state index is 0.0523. The van der Waals surface area contributed by atoms with Crippen LogP contribution in [-0.4, -0.2) is 37.4 Å². The van der Waals surface area contributed by atoms with Crippen LogP contribution in [0.4, 0.5) is 13.2 Å². The number of hydrogen-bond donors (Lipinski definition) is 1. The van der Waals surface area contributed by atoms with Gasteiger partial charge in [0.1, 0.15) is 5.75 Å². The van der Waals surface area contributed by atoms with Crippen LogP contribution in [0.1, 0.15) is 63.5 Å².